The SMILES string of the molecule is CCCN1CCCC[C@@H]1c1ccc(N2CCCC2)nc1C. The summed E-state index contributed by atoms with van der Waals surface area (Å²) in [5, 5.41) is 0. The van der Waals surface area contributed by atoms with Gasteiger partial charge in [-0.3, -0.25) is 4.90 Å². The van der Waals surface area contributed by atoms with Crippen molar-refractivity contribution in [2.45, 2.75) is 58.4 Å². The molecule has 1 atom stereocenters. The summed E-state index contributed by atoms with van der Waals surface area (Å²) in [5.74, 6) is 1.19. The van der Waals surface area contributed by atoms with Gasteiger partial charge in [0.15, 0.2) is 0 Å². The fourth-order valence-electron chi connectivity index (χ4n) is 3.93. The second-order valence-corrected chi connectivity index (χ2v) is 6.59. The summed E-state index contributed by atoms with van der Waals surface area (Å²) < 4.78 is 0. The molecule has 2 aliphatic heterocycles. The van der Waals surface area contributed by atoms with E-state index >= 15 is 0 Å². The second-order valence-electron chi connectivity index (χ2n) is 6.59. The zero-order valence-electron chi connectivity index (χ0n) is 13.6. The first kappa shape index (κ1) is 14.8. The maximum absolute atomic E-state index is 4.92. The normalized spacial score (nSPS) is 23.7. The molecular formula is C18H29N3. The van der Waals surface area contributed by atoms with Gasteiger partial charge in [-0.05, 0) is 63.7 Å². The number of rotatable bonds is 4. The zero-order chi connectivity index (χ0) is 14.7. The lowest BCUT2D eigenvalue weighted by atomic mass is 9.94. The van der Waals surface area contributed by atoms with Crippen molar-refractivity contribution in [3.63, 3.8) is 0 Å². The van der Waals surface area contributed by atoms with Gasteiger partial charge < -0.3 is 4.90 Å². The first-order valence-corrected chi connectivity index (χ1v) is 8.76. The van der Waals surface area contributed by atoms with Crippen LogP contribution in [0.25, 0.3) is 0 Å². The monoisotopic (exact) mass is 287 g/mol. The van der Waals surface area contributed by atoms with Gasteiger partial charge in [-0.2, -0.15) is 0 Å². The van der Waals surface area contributed by atoms with Crippen LogP contribution in [-0.4, -0.2) is 36.1 Å². The molecule has 116 valence electrons. The highest BCUT2D eigenvalue weighted by Crippen LogP contribution is 2.33. The van der Waals surface area contributed by atoms with Crippen molar-refractivity contribution in [3.05, 3.63) is 23.4 Å². The summed E-state index contributed by atoms with van der Waals surface area (Å²) in [7, 11) is 0. The molecule has 1 aromatic heterocycles. The Labute approximate surface area is 129 Å². The molecule has 2 fully saturated rings. The van der Waals surface area contributed by atoms with Crippen LogP contribution >= 0.6 is 0 Å². The molecule has 0 bridgehead atoms. The molecule has 21 heavy (non-hydrogen) atoms. The van der Waals surface area contributed by atoms with Gasteiger partial charge in [0, 0.05) is 24.8 Å². The Morgan fingerprint density at radius 1 is 1.10 bits per heavy atom. The van der Waals surface area contributed by atoms with Gasteiger partial charge in [0.05, 0.1) is 0 Å². The number of hydrogen-bond donors (Lipinski definition) is 0. The van der Waals surface area contributed by atoms with Crippen LogP contribution in [0.1, 0.15) is 62.7 Å². The first-order chi connectivity index (χ1) is 10.3. The van der Waals surface area contributed by atoms with Crippen LogP contribution in [0.15, 0.2) is 12.1 Å². The van der Waals surface area contributed by atoms with Crippen molar-refractivity contribution in [2.75, 3.05) is 31.1 Å². The summed E-state index contributed by atoms with van der Waals surface area (Å²) in [5.41, 5.74) is 2.71. The molecule has 0 aliphatic carbocycles. The van der Waals surface area contributed by atoms with Gasteiger partial charge in [-0.25, -0.2) is 4.98 Å². The molecule has 3 heterocycles. The van der Waals surface area contributed by atoms with E-state index in [2.05, 4.69) is 35.8 Å². The van der Waals surface area contributed by atoms with Crippen molar-refractivity contribution in [1.82, 2.24) is 9.88 Å². The minimum Gasteiger partial charge on any atom is -0.357 e. The van der Waals surface area contributed by atoms with Gasteiger partial charge >= 0.3 is 0 Å². The van der Waals surface area contributed by atoms with Gasteiger partial charge in [-0.15, -0.1) is 0 Å². The van der Waals surface area contributed by atoms with Gasteiger partial charge in [0.1, 0.15) is 5.82 Å². The third-order valence-electron chi connectivity index (χ3n) is 5.03. The number of nitrogens with zero attached hydrogens (tertiary/aromatic N) is 3. The van der Waals surface area contributed by atoms with E-state index in [1.54, 1.807) is 0 Å². The minimum atomic E-state index is 0.596. The number of piperidine rings is 1. The molecular weight excluding hydrogens is 258 g/mol. The third kappa shape index (κ3) is 3.23. The van der Waals surface area contributed by atoms with Crippen LogP contribution < -0.4 is 4.90 Å². The van der Waals surface area contributed by atoms with E-state index in [1.165, 1.54) is 81.8 Å². The zero-order valence-corrected chi connectivity index (χ0v) is 13.6. The van der Waals surface area contributed by atoms with Crippen molar-refractivity contribution >= 4 is 5.82 Å². The molecule has 2 saturated heterocycles. The quantitative estimate of drug-likeness (QED) is 0.836. The minimum absolute atomic E-state index is 0.596. The van der Waals surface area contributed by atoms with Gasteiger partial charge in [-0.1, -0.05) is 19.4 Å². The second kappa shape index (κ2) is 6.78. The van der Waals surface area contributed by atoms with E-state index in [9.17, 15) is 0 Å². The molecule has 2 aliphatic rings. The average molecular weight is 287 g/mol. The van der Waals surface area contributed by atoms with Crippen LogP contribution in [-0.2, 0) is 0 Å². The largest absolute Gasteiger partial charge is 0.357 e. The molecule has 3 heteroatoms. The Morgan fingerprint density at radius 3 is 2.57 bits per heavy atom. The van der Waals surface area contributed by atoms with E-state index in [1.807, 2.05) is 0 Å². The lowest BCUT2D eigenvalue weighted by Gasteiger charge is -2.36. The maximum Gasteiger partial charge on any atom is 0.128 e. The van der Waals surface area contributed by atoms with Crippen LogP contribution in [0.5, 0.6) is 0 Å². The molecule has 3 nitrogen and oxygen atoms in total. The fourth-order valence-corrected chi connectivity index (χ4v) is 3.93. The maximum atomic E-state index is 4.92. The number of likely N-dealkylation sites (tertiary alicyclic amines) is 1. The molecule has 1 aromatic rings. The summed E-state index contributed by atoms with van der Waals surface area (Å²) in [4.78, 5) is 10.0. The molecule has 0 amide bonds. The molecule has 0 unspecified atom stereocenters. The Morgan fingerprint density at radius 2 is 1.86 bits per heavy atom. The van der Waals surface area contributed by atoms with Crippen molar-refractivity contribution in [2.24, 2.45) is 0 Å². The molecule has 0 radical (unpaired) electrons. The topological polar surface area (TPSA) is 19.4 Å². The number of hydrogen-bond acceptors (Lipinski definition) is 3. The van der Waals surface area contributed by atoms with Crippen LogP contribution in [0, 0.1) is 6.92 Å². The lowest BCUT2D eigenvalue weighted by molar-refractivity contribution is 0.148. The Bertz CT molecular complexity index is 464. The Hall–Kier alpha value is -1.09. The molecule has 0 spiro atoms. The highest BCUT2D eigenvalue weighted by atomic mass is 15.2. The van der Waals surface area contributed by atoms with Gasteiger partial charge in [0.2, 0.25) is 0 Å². The van der Waals surface area contributed by atoms with E-state index in [-0.39, 0.29) is 0 Å². The molecule has 0 aromatic carbocycles. The fraction of sp³-hybridized carbons (Fsp3) is 0.722. The predicted octanol–water partition coefficient (Wildman–Crippen LogP) is 3.93. The molecule has 0 N–H and O–H groups in total. The predicted molar refractivity (Wildman–Crippen MR) is 88.9 cm³/mol. The summed E-state index contributed by atoms with van der Waals surface area (Å²) >= 11 is 0. The van der Waals surface area contributed by atoms with Crippen molar-refractivity contribution < 1.29 is 0 Å². The molecule has 3 rings (SSSR count). The Balaban J connectivity index is 1.80. The van der Waals surface area contributed by atoms with E-state index in [4.69, 9.17) is 4.98 Å². The number of pyridine rings is 1. The van der Waals surface area contributed by atoms with Gasteiger partial charge in [0.25, 0.3) is 0 Å². The van der Waals surface area contributed by atoms with Crippen LogP contribution in [0.3, 0.4) is 0 Å². The smallest absolute Gasteiger partial charge is 0.128 e. The summed E-state index contributed by atoms with van der Waals surface area (Å²) in [6.45, 7) is 9.32. The third-order valence-corrected chi connectivity index (χ3v) is 5.03. The standard InChI is InChI=1S/C18H29N3/c1-3-11-20-12-5-4-8-17(20)16-9-10-18(19-15(16)2)21-13-6-7-14-21/h9-10,17H,3-8,11-14H2,1-2H3/t17-/m1/s1. The number of anilines is 1. The molecule has 0 saturated carbocycles. The lowest BCUT2D eigenvalue weighted by Crippen LogP contribution is -2.34. The van der Waals surface area contributed by atoms with E-state index in [0.29, 0.717) is 6.04 Å². The Kier molecular flexibility index (Phi) is 4.79. The van der Waals surface area contributed by atoms with E-state index in [0.717, 1.165) is 0 Å². The van der Waals surface area contributed by atoms with Crippen LogP contribution in [0.4, 0.5) is 5.82 Å². The van der Waals surface area contributed by atoms with Crippen molar-refractivity contribution in [3.8, 4) is 0 Å². The number of aryl methyl sites for hydroxylation is 1. The summed E-state index contributed by atoms with van der Waals surface area (Å²) in [6.07, 6.45) is 7.89. The van der Waals surface area contributed by atoms with E-state index < -0.39 is 0 Å². The highest BCUT2D eigenvalue weighted by Gasteiger charge is 2.25. The van der Waals surface area contributed by atoms with Crippen LogP contribution in [0.2, 0.25) is 0 Å². The average Bonchev–Trinajstić information content (AvgIpc) is 3.03. The first-order valence-electron chi connectivity index (χ1n) is 8.76. The highest BCUT2D eigenvalue weighted by molar-refractivity contribution is 5.43. The van der Waals surface area contributed by atoms with Crippen molar-refractivity contribution in [1.29, 1.82) is 0 Å². The summed E-state index contributed by atoms with van der Waals surface area (Å²) in [6, 6.07) is 5.21. The number of aromatic nitrogens is 1.